The zero-order valence-electron chi connectivity index (χ0n) is 19.7. The number of urea groups is 1. The van der Waals surface area contributed by atoms with Crippen LogP contribution in [0.15, 0.2) is 90.0 Å². The van der Waals surface area contributed by atoms with E-state index in [1.54, 1.807) is 42.6 Å². The summed E-state index contributed by atoms with van der Waals surface area (Å²) in [6, 6.07) is 22.7. The topological polar surface area (TPSA) is 137 Å². The van der Waals surface area contributed by atoms with Crippen molar-refractivity contribution in [3.05, 3.63) is 85.1 Å². The number of carbonyl (C=O) groups is 1. The fourth-order valence-electron chi connectivity index (χ4n) is 3.79. The molecule has 0 spiro atoms. The SMILES string of the molecule is O=C(Nc1ccccc1)Nc1ccc(-c2cnc3nc2NCCCNS(=O)(=O)c2cccc(c2)N3)cc1. The van der Waals surface area contributed by atoms with E-state index in [9.17, 15) is 13.2 Å². The summed E-state index contributed by atoms with van der Waals surface area (Å²) < 4.78 is 27.7. The van der Waals surface area contributed by atoms with Crippen LogP contribution in [0.2, 0.25) is 0 Å². The first-order valence-electron chi connectivity index (χ1n) is 11.7. The van der Waals surface area contributed by atoms with Gasteiger partial charge in [0.25, 0.3) is 0 Å². The Bertz CT molecular complexity index is 1510. The van der Waals surface area contributed by atoms with Gasteiger partial charge in [0, 0.05) is 41.9 Å². The number of hydrogen-bond acceptors (Lipinski definition) is 7. The number of amides is 2. The van der Waals surface area contributed by atoms with Gasteiger partial charge < -0.3 is 21.3 Å². The molecule has 2 amide bonds. The Morgan fingerprint density at radius 3 is 2.41 bits per heavy atom. The number of fused-ring (bicyclic) bond motifs is 4. The molecule has 37 heavy (non-hydrogen) atoms. The normalized spacial score (nSPS) is 14.5. The Balaban J connectivity index is 1.36. The number of anilines is 5. The van der Waals surface area contributed by atoms with Gasteiger partial charge in [-0.05, 0) is 54.4 Å². The van der Waals surface area contributed by atoms with Crippen molar-refractivity contribution < 1.29 is 13.2 Å². The zero-order chi connectivity index (χ0) is 25.7. The van der Waals surface area contributed by atoms with Crippen molar-refractivity contribution in [1.29, 1.82) is 0 Å². The quantitative estimate of drug-likeness (QED) is 0.268. The highest BCUT2D eigenvalue weighted by molar-refractivity contribution is 7.89. The number of hydrogen-bond donors (Lipinski definition) is 5. The third-order valence-corrected chi connectivity index (χ3v) is 7.07. The minimum atomic E-state index is -3.61. The lowest BCUT2D eigenvalue weighted by molar-refractivity contribution is 0.262. The van der Waals surface area contributed by atoms with Gasteiger partial charge >= 0.3 is 6.03 Å². The van der Waals surface area contributed by atoms with E-state index in [1.807, 2.05) is 42.5 Å². The molecule has 5 N–H and O–H groups in total. The molecule has 188 valence electrons. The molecular weight excluding hydrogens is 490 g/mol. The lowest BCUT2D eigenvalue weighted by Gasteiger charge is -2.14. The van der Waals surface area contributed by atoms with Gasteiger partial charge in [0.05, 0.1) is 4.90 Å². The van der Waals surface area contributed by atoms with Crippen molar-refractivity contribution in [3.8, 4) is 11.1 Å². The molecule has 1 aliphatic heterocycles. The van der Waals surface area contributed by atoms with Crippen molar-refractivity contribution in [2.45, 2.75) is 11.3 Å². The van der Waals surface area contributed by atoms with Crippen molar-refractivity contribution >= 4 is 44.9 Å². The first-order chi connectivity index (χ1) is 18.0. The van der Waals surface area contributed by atoms with Crippen LogP contribution >= 0.6 is 0 Å². The van der Waals surface area contributed by atoms with Gasteiger partial charge in [-0.3, -0.25) is 0 Å². The molecule has 5 rings (SSSR count). The molecule has 0 fully saturated rings. The Morgan fingerprint density at radius 2 is 1.62 bits per heavy atom. The number of carbonyl (C=O) groups excluding carboxylic acids is 1. The molecule has 4 bridgehead atoms. The van der Waals surface area contributed by atoms with Crippen LogP contribution in [-0.4, -0.2) is 37.5 Å². The maximum absolute atomic E-state index is 12.6. The number of nitrogens with zero attached hydrogens (tertiary/aromatic N) is 2. The molecule has 1 aromatic heterocycles. The molecule has 1 aliphatic rings. The van der Waals surface area contributed by atoms with Crippen LogP contribution in [0.5, 0.6) is 0 Å². The Labute approximate surface area is 214 Å². The van der Waals surface area contributed by atoms with E-state index in [4.69, 9.17) is 0 Å². The standard InChI is InChI=1S/C26H25N7O3S/c34-26(31-19-6-2-1-3-7-19)32-20-12-10-18(11-13-20)23-17-28-25-30-21-8-4-9-22(16-21)37(35,36)29-15-5-14-27-24(23)33-25/h1-4,6-13,16-17,29H,5,14-15H2,(H2,31,32,34)(H2,27,28,30,33). The molecule has 0 saturated heterocycles. The second kappa shape index (κ2) is 10.6. The van der Waals surface area contributed by atoms with E-state index >= 15 is 0 Å². The second-order valence-corrected chi connectivity index (χ2v) is 10.1. The molecule has 0 atom stereocenters. The monoisotopic (exact) mass is 515 g/mol. The van der Waals surface area contributed by atoms with Gasteiger partial charge in [-0.2, -0.15) is 4.98 Å². The lowest BCUT2D eigenvalue weighted by atomic mass is 10.1. The van der Waals surface area contributed by atoms with Gasteiger partial charge in [-0.25, -0.2) is 22.9 Å². The van der Waals surface area contributed by atoms with Crippen LogP contribution in [-0.2, 0) is 10.0 Å². The van der Waals surface area contributed by atoms with E-state index in [1.165, 1.54) is 0 Å². The lowest BCUT2D eigenvalue weighted by Crippen LogP contribution is -2.26. The summed E-state index contributed by atoms with van der Waals surface area (Å²) in [5, 5.41) is 12.0. The van der Waals surface area contributed by atoms with Crippen LogP contribution < -0.4 is 26.0 Å². The fraction of sp³-hybridized carbons (Fsp3) is 0.115. The van der Waals surface area contributed by atoms with Gasteiger partial charge in [0.2, 0.25) is 16.0 Å². The van der Waals surface area contributed by atoms with Gasteiger partial charge in [0.1, 0.15) is 5.82 Å². The predicted molar refractivity (Wildman–Crippen MR) is 145 cm³/mol. The number of para-hydroxylation sites is 1. The maximum Gasteiger partial charge on any atom is 0.323 e. The van der Waals surface area contributed by atoms with Crippen LogP contribution in [0.3, 0.4) is 0 Å². The average Bonchev–Trinajstić information content (AvgIpc) is 2.90. The molecule has 10 nitrogen and oxygen atoms in total. The molecule has 4 aromatic rings. The van der Waals surface area contributed by atoms with E-state index < -0.39 is 10.0 Å². The smallest absolute Gasteiger partial charge is 0.323 e. The summed E-state index contributed by atoms with van der Waals surface area (Å²) in [7, 11) is -3.61. The van der Waals surface area contributed by atoms with Crippen molar-refractivity contribution in [1.82, 2.24) is 14.7 Å². The molecule has 2 heterocycles. The van der Waals surface area contributed by atoms with Gasteiger partial charge in [-0.1, -0.05) is 36.4 Å². The van der Waals surface area contributed by atoms with Crippen molar-refractivity contribution in [2.24, 2.45) is 0 Å². The minimum Gasteiger partial charge on any atom is -0.369 e. The van der Waals surface area contributed by atoms with Crippen molar-refractivity contribution in [3.63, 3.8) is 0 Å². The summed E-state index contributed by atoms with van der Waals surface area (Å²) in [6.07, 6.45) is 2.27. The minimum absolute atomic E-state index is 0.174. The summed E-state index contributed by atoms with van der Waals surface area (Å²) in [5.41, 5.74) is 3.53. The maximum atomic E-state index is 12.6. The third kappa shape index (κ3) is 6.02. The summed E-state index contributed by atoms with van der Waals surface area (Å²) in [5.74, 6) is 0.946. The predicted octanol–water partition coefficient (Wildman–Crippen LogP) is 4.63. The highest BCUT2D eigenvalue weighted by Crippen LogP contribution is 2.29. The highest BCUT2D eigenvalue weighted by Gasteiger charge is 2.16. The van der Waals surface area contributed by atoms with E-state index in [2.05, 4.69) is 36.0 Å². The van der Waals surface area contributed by atoms with Crippen LogP contribution in [0.25, 0.3) is 11.1 Å². The zero-order valence-corrected chi connectivity index (χ0v) is 20.5. The van der Waals surface area contributed by atoms with Crippen LogP contribution in [0.4, 0.5) is 33.6 Å². The second-order valence-electron chi connectivity index (χ2n) is 8.31. The van der Waals surface area contributed by atoms with E-state index in [0.717, 1.165) is 11.1 Å². The Hall–Kier alpha value is -4.48. The third-order valence-electron chi connectivity index (χ3n) is 5.61. The van der Waals surface area contributed by atoms with Crippen molar-refractivity contribution in [2.75, 3.05) is 34.4 Å². The summed E-state index contributed by atoms with van der Waals surface area (Å²) >= 11 is 0. The average molecular weight is 516 g/mol. The summed E-state index contributed by atoms with van der Waals surface area (Å²) in [4.78, 5) is 21.5. The molecule has 11 heteroatoms. The first-order valence-corrected chi connectivity index (χ1v) is 13.2. The summed E-state index contributed by atoms with van der Waals surface area (Å²) in [6.45, 7) is 0.786. The molecule has 3 aromatic carbocycles. The van der Waals surface area contributed by atoms with E-state index in [-0.39, 0.29) is 17.5 Å². The molecular formula is C26H25N7O3S. The number of aromatic nitrogens is 2. The number of benzene rings is 3. The van der Waals surface area contributed by atoms with Crippen LogP contribution in [0, 0.1) is 0 Å². The first kappa shape index (κ1) is 24.2. The van der Waals surface area contributed by atoms with Crippen LogP contribution in [0.1, 0.15) is 6.42 Å². The van der Waals surface area contributed by atoms with Gasteiger partial charge in [-0.15, -0.1) is 0 Å². The molecule has 0 unspecified atom stereocenters. The largest absolute Gasteiger partial charge is 0.369 e. The molecule has 0 radical (unpaired) electrons. The number of nitrogens with one attached hydrogen (secondary N) is 5. The Kier molecular flexibility index (Phi) is 6.97. The fourth-order valence-corrected chi connectivity index (χ4v) is 4.91. The Morgan fingerprint density at radius 1 is 0.865 bits per heavy atom. The number of sulfonamides is 1. The molecule has 0 aliphatic carbocycles. The number of rotatable bonds is 3. The highest BCUT2D eigenvalue weighted by atomic mass is 32.2. The van der Waals surface area contributed by atoms with E-state index in [0.29, 0.717) is 41.8 Å². The van der Waals surface area contributed by atoms with Gasteiger partial charge in [0.15, 0.2) is 0 Å². The molecule has 0 saturated carbocycles.